The Hall–Kier alpha value is -3.39. The van der Waals surface area contributed by atoms with Crippen molar-refractivity contribution in [3.8, 4) is 11.5 Å². The van der Waals surface area contributed by atoms with Crippen LogP contribution >= 0.6 is 11.3 Å². The fourth-order valence-electron chi connectivity index (χ4n) is 2.89. The number of likely N-dealkylation sites (N-methyl/N-ethyl adjacent to an activating group) is 1. The lowest BCUT2D eigenvalue weighted by atomic mass is 10.2. The fraction of sp³-hybridized carbons (Fsp3) is 0.190. The van der Waals surface area contributed by atoms with E-state index in [1.54, 1.807) is 35.5 Å². The fourth-order valence-corrected chi connectivity index (χ4v) is 3.59. The van der Waals surface area contributed by atoms with E-state index in [0.29, 0.717) is 34.4 Å². The molecule has 0 radical (unpaired) electrons. The molecule has 0 unspecified atom stereocenters. The minimum Gasteiger partial charge on any atom is -0.454 e. The van der Waals surface area contributed by atoms with E-state index < -0.39 is 0 Å². The van der Waals surface area contributed by atoms with Crippen LogP contribution in [0.2, 0.25) is 0 Å². The molecular weight excluding hydrogens is 390 g/mol. The number of amides is 2. The van der Waals surface area contributed by atoms with Crippen LogP contribution in [-0.4, -0.2) is 35.5 Å². The van der Waals surface area contributed by atoms with E-state index in [4.69, 9.17) is 9.47 Å². The summed E-state index contributed by atoms with van der Waals surface area (Å²) in [4.78, 5) is 30.9. The number of carbonyl (C=O) groups excluding carboxylic acids is 2. The molecule has 1 aliphatic rings. The van der Waals surface area contributed by atoms with Crippen molar-refractivity contribution in [3.63, 3.8) is 0 Å². The van der Waals surface area contributed by atoms with Gasteiger partial charge in [0.25, 0.3) is 5.91 Å². The number of rotatable bonds is 6. The normalized spacial score (nSPS) is 11.9. The molecule has 1 aromatic heterocycles. The summed E-state index contributed by atoms with van der Waals surface area (Å²) in [5.74, 6) is 0.838. The van der Waals surface area contributed by atoms with E-state index in [1.807, 2.05) is 30.3 Å². The number of benzene rings is 2. The van der Waals surface area contributed by atoms with E-state index >= 15 is 0 Å². The highest BCUT2D eigenvalue weighted by molar-refractivity contribution is 7.14. The van der Waals surface area contributed by atoms with Crippen LogP contribution in [0.3, 0.4) is 0 Å². The lowest BCUT2D eigenvalue weighted by Gasteiger charge is -2.16. The second-order valence-electron chi connectivity index (χ2n) is 6.58. The maximum absolute atomic E-state index is 12.5. The van der Waals surface area contributed by atoms with Crippen molar-refractivity contribution in [2.75, 3.05) is 19.2 Å². The van der Waals surface area contributed by atoms with Crippen LogP contribution in [0.5, 0.6) is 11.5 Å². The first-order chi connectivity index (χ1) is 14.1. The topological polar surface area (TPSA) is 80.8 Å². The summed E-state index contributed by atoms with van der Waals surface area (Å²) in [5, 5.41) is 4.99. The number of hydrogen-bond donors (Lipinski definition) is 1. The van der Waals surface area contributed by atoms with Crippen molar-refractivity contribution in [3.05, 3.63) is 70.7 Å². The first-order valence-corrected chi connectivity index (χ1v) is 9.90. The molecule has 0 saturated heterocycles. The Kier molecular flexibility index (Phi) is 5.44. The molecule has 2 amide bonds. The summed E-state index contributed by atoms with van der Waals surface area (Å²) in [5.41, 5.74) is 2.14. The largest absolute Gasteiger partial charge is 0.454 e. The van der Waals surface area contributed by atoms with Gasteiger partial charge in [-0.05, 0) is 23.8 Å². The van der Waals surface area contributed by atoms with Gasteiger partial charge >= 0.3 is 0 Å². The molecule has 0 saturated carbocycles. The monoisotopic (exact) mass is 409 g/mol. The Morgan fingerprint density at radius 3 is 2.76 bits per heavy atom. The van der Waals surface area contributed by atoms with Crippen LogP contribution in [0.4, 0.5) is 5.13 Å². The summed E-state index contributed by atoms with van der Waals surface area (Å²) >= 11 is 1.29. The van der Waals surface area contributed by atoms with Gasteiger partial charge in [-0.25, -0.2) is 4.98 Å². The third-order valence-corrected chi connectivity index (χ3v) is 5.23. The van der Waals surface area contributed by atoms with Gasteiger partial charge in [0.1, 0.15) is 0 Å². The number of ether oxygens (including phenoxy) is 2. The molecule has 29 heavy (non-hydrogen) atoms. The summed E-state index contributed by atoms with van der Waals surface area (Å²) in [7, 11) is 1.77. The highest BCUT2D eigenvalue weighted by Gasteiger charge is 2.18. The SMILES string of the molecule is CN(Cc1ccccc1)C(=O)Cc1csc(NC(=O)c2ccc3c(c2)OCO3)n1. The highest BCUT2D eigenvalue weighted by atomic mass is 32.1. The average molecular weight is 409 g/mol. The number of thiazole rings is 1. The molecule has 1 N–H and O–H groups in total. The smallest absolute Gasteiger partial charge is 0.257 e. The van der Waals surface area contributed by atoms with Crippen LogP contribution in [0.1, 0.15) is 21.6 Å². The van der Waals surface area contributed by atoms with Crippen LogP contribution in [0, 0.1) is 0 Å². The van der Waals surface area contributed by atoms with Gasteiger partial charge in [-0.15, -0.1) is 11.3 Å². The molecule has 0 bridgehead atoms. The molecule has 8 heteroatoms. The first kappa shape index (κ1) is 18.9. The Bertz CT molecular complexity index is 1040. The molecule has 0 atom stereocenters. The lowest BCUT2D eigenvalue weighted by molar-refractivity contribution is -0.129. The number of nitrogens with one attached hydrogen (secondary N) is 1. The van der Waals surface area contributed by atoms with E-state index in [1.165, 1.54) is 11.3 Å². The third-order valence-electron chi connectivity index (χ3n) is 4.43. The second kappa shape index (κ2) is 8.32. The molecule has 4 rings (SSSR count). The molecule has 7 nitrogen and oxygen atoms in total. The van der Waals surface area contributed by atoms with E-state index in [-0.39, 0.29) is 25.0 Å². The molecule has 0 aliphatic carbocycles. The van der Waals surface area contributed by atoms with Crippen molar-refractivity contribution in [1.82, 2.24) is 9.88 Å². The van der Waals surface area contributed by atoms with Crippen molar-refractivity contribution < 1.29 is 19.1 Å². The van der Waals surface area contributed by atoms with Crippen molar-refractivity contribution in [1.29, 1.82) is 0 Å². The summed E-state index contributed by atoms with van der Waals surface area (Å²) in [6.07, 6.45) is 0.180. The molecule has 2 aromatic carbocycles. The maximum atomic E-state index is 12.5. The molecule has 148 valence electrons. The zero-order chi connectivity index (χ0) is 20.2. The average Bonchev–Trinajstić information content (AvgIpc) is 3.37. The summed E-state index contributed by atoms with van der Waals surface area (Å²) < 4.78 is 10.5. The van der Waals surface area contributed by atoms with Crippen molar-refractivity contribution in [2.45, 2.75) is 13.0 Å². The zero-order valence-electron chi connectivity index (χ0n) is 15.8. The van der Waals surface area contributed by atoms with Crippen LogP contribution in [-0.2, 0) is 17.8 Å². The van der Waals surface area contributed by atoms with E-state index in [9.17, 15) is 9.59 Å². The van der Waals surface area contributed by atoms with Gasteiger partial charge in [0.15, 0.2) is 16.6 Å². The van der Waals surface area contributed by atoms with Gasteiger partial charge in [0, 0.05) is 24.5 Å². The minimum atomic E-state index is -0.295. The number of hydrogen-bond acceptors (Lipinski definition) is 6. The quantitative estimate of drug-likeness (QED) is 0.676. The number of anilines is 1. The number of nitrogens with zero attached hydrogens (tertiary/aromatic N) is 2. The second-order valence-corrected chi connectivity index (χ2v) is 7.44. The first-order valence-electron chi connectivity index (χ1n) is 9.02. The Labute approximate surface area is 171 Å². The highest BCUT2D eigenvalue weighted by Crippen LogP contribution is 2.32. The third kappa shape index (κ3) is 4.55. The Morgan fingerprint density at radius 1 is 1.14 bits per heavy atom. The minimum absolute atomic E-state index is 0.0344. The van der Waals surface area contributed by atoms with Gasteiger partial charge in [0.05, 0.1) is 12.1 Å². The van der Waals surface area contributed by atoms with Gasteiger partial charge in [0.2, 0.25) is 12.7 Å². The Morgan fingerprint density at radius 2 is 1.93 bits per heavy atom. The van der Waals surface area contributed by atoms with E-state index in [0.717, 1.165) is 5.56 Å². The van der Waals surface area contributed by atoms with Crippen LogP contribution < -0.4 is 14.8 Å². The standard InChI is InChI=1S/C21H19N3O4S/c1-24(11-14-5-3-2-4-6-14)19(25)10-16-12-29-21(22-16)23-20(26)15-7-8-17-18(9-15)28-13-27-17/h2-9,12H,10-11,13H2,1H3,(H,22,23,26). The van der Waals surface area contributed by atoms with Crippen LogP contribution in [0.15, 0.2) is 53.9 Å². The number of fused-ring (bicyclic) bond motifs is 1. The molecule has 2 heterocycles. The van der Waals surface area contributed by atoms with Crippen LogP contribution in [0.25, 0.3) is 0 Å². The van der Waals surface area contributed by atoms with Crippen molar-refractivity contribution in [2.24, 2.45) is 0 Å². The maximum Gasteiger partial charge on any atom is 0.257 e. The molecular formula is C21H19N3O4S. The summed E-state index contributed by atoms with van der Waals surface area (Å²) in [6.45, 7) is 0.695. The predicted molar refractivity (Wildman–Crippen MR) is 109 cm³/mol. The van der Waals surface area contributed by atoms with E-state index in [2.05, 4.69) is 10.3 Å². The summed E-state index contributed by atoms with van der Waals surface area (Å²) in [6, 6.07) is 14.8. The molecule has 0 fully saturated rings. The van der Waals surface area contributed by atoms with Gasteiger partial charge in [-0.3, -0.25) is 14.9 Å². The van der Waals surface area contributed by atoms with Gasteiger partial charge < -0.3 is 14.4 Å². The zero-order valence-corrected chi connectivity index (χ0v) is 16.6. The Balaban J connectivity index is 1.34. The predicted octanol–water partition coefficient (Wildman–Crippen LogP) is 3.33. The molecule has 0 spiro atoms. The molecule has 1 aliphatic heterocycles. The van der Waals surface area contributed by atoms with Gasteiger partial charge in [-0.2, -0.15) is 0 Å². The molecule has 3 aromatic rings. The number of aromatic nitrogens is 1. The van der Waals surface area contributed by atoms with Crippen molar-refractivity contribution >= 4 is 28.3 Å². The lowest BCUT2D eigenvalue weighted by Crippen LogP contribution is -2.27. The number of carbonyl (C=O) groups is 2. The van der Waals surface area contributed by atoms with Gasteiger partial charge in [-0.1, -0.05) is 30.3 Å².